The summed E-state index contributed by atoms with van der Waals surface area (Å²) in [6.07, 6.45) is 0. The van der Waals surface area contributed by atoms with Crippen molar-refractivity contribution in [3.05, 3.63) is 58.1 Å². The molecular weight excluding hydrogens is 293 g/mol. The smallest absolute Gasteiger partial charge is 0.124 e. The van der Waals surface area contributed by atoms with E-state index in [4.69, 9.17) is 27.9 Å². The van der Waals surface area contributed by atoms with Gasteiger partial charge in [-0.05, 0) is 38.1 Å². The highest BCUT2D eigenvalue weighted by molar-refractivity contribution is 6.35. The second-order valence-electron chi connectivity index (χ2n) is 4.46. The summed E-state index contributed by atoms with van der Waals surface area (Å²) in [6, 6.07) is 13.4. The maximum atomic E-state index is 6.18. The van der Waals surface area contributed by atoms with E-state index in [9.17, 15) is 0 Å². The molecule has 4 heteroatoms. The molecule has 2 nitrogen and oxygen atoms in total. The molecule has 2 aromatic rings. The summed E-state index contributed by atoms with van der Waals surface area (Å²) < 4.78 is 5.65. The fourth-order valence-corrected chi connectivity index (χ4v) is 2.39. The molecule has 0 radical (unpaired) electrons. The summed E-state index contributed by atoms with van der Waals surface area (Å²) in [5.41, 5.74) is 1.91. The van der Waals surface area contributed by atoms with E-state index in [-0.39, 0.29) is 6.04 Å². The highest BCUT2D eigenvalue weighted by Crippen LogP contribution is 2.32. The van der Waals surface area contributed by atoms with Crippen molar-refractivity contribution in [2.45, 2.75) is 19.9 Å². The summed E-state index contributed by atoms with van der Waals surface area (Å²) in [4.78, 5) is 0. The molecule has 0 aliphatic rings. The first-order valence-electron chi connectivity index (χ1n) is 6.55. The number of para-hydroxylation sites is 1. The fraction of sp³-hybridized carbons (Fsp3) is 0.250. The van der Waals surface area contributed by atoms with Crippen molar-refractivity contribution >= 4 is 28.9 Å². The van der Waals surface area contributed by atoms with Crippen LogP contribution in [0.5, 0.6) is 5.75 Å². The standard InChI is InChI=1S/C16H17Cl2NO/c1-3-20-16-7-5-4-6-13(16)11(2)19-15-10-12(17)8-9-14(15)18/h4-11,19H,3H2,1-2H3. The zero-order chi connectivity index (χ0) is 14.5. The van der Waals surface area contributed by atoms with Gasteiger partial charge >= 0.3 is 0 Å². The van der Waals surface area contributed by atoms with Crippen LogP contribution in [-0.4, -0.2) is 6.61 Å². The van der Waals surface area contributed by atoms with Gasteiger partial charge in [0.2, 0.25) is 0 Å². The van der Waals surface area contributed by atoms with Crippen molar-refractivity contribution in [2.24, 2.45) is 0 Å². The lowest BCUT2D eigenvalue weighted by atomic mass is 10.1. The molecule has 1 unspecified atom stereocenters. The molecule has 1 atom stereocenters. The average Bonchev–Trinajstić information content (AvgIpc) is 2.44. The van der Waals surface area contributed by atoms with E-state index < -0.39 is 0 Å². The topological polar surface area (TPSA) is 21.3 Å². The van der Waals surface area contributed by atoms with Gasteiger partial charge in [-0.1, -0.05) is 41.4 Å². The van der Waals surface area contributed by atoms with Crippen LogP contribution >= 0.6 is 23.2 Å². The molecule has 0 saturated heterocycles. The van der Waals surface area contributed by atoms with Crippen LogP contribution in [0.1, 0.15) is 25.5 Å². The lowest BCUT2D eigenvalue weighted by Crippen LogP contribution is -2.09. The second kappa shape index (κ2) is 6.87. The van der Waals surface area contributed by atoms with Crippen LogP contribution in [0, 0.1) is 0 Å². The monoisotopic (exact) mass is 309 g/mol. The maximum absolute atomic E-state index is 6.18. The van der Waals surface area contributed by atoms with Crippen LogP contribution in [0.3, 0.4) is 0 Å². The van der Waals surface area contributed by atoms with Crippen molar-refractivity contribution in [2.75, 3.05) is 11.9 Å². The van der Waals surface area contributed by atoms with E-state index in [1.54, 1.807) is 12.1 Å². The third kappa shape index (κ3) is 3.59. The Balaban J connectivity index is 2.23. The Morgan fingerprint density at radius 2 is 1.90 bits per heavy atom. The van der Waals surface area contributed by atoms with E-state index in [0.29, 0.717) is 16.7 Å². The molecule has 0 aliphatic carbocycles. The minimum atomic E-state index is 0.0636. The lowest BCUT2D eigenvalue weighted by molar-refractivity contribution is 0.335. The van der Waals surface area contributed by atoms with Crippen molar-refractivity contribution < 1.29 is 4.74 Å². The van der Waals surface area contributed by atoms with Gasteiger partial charge < -0.3 is 10.1 Å². The number of nitrogens with one attached hydrogen (secondary N) is 1. The van der Waals surface area contributed by atoms with E-state index in [0.717, 1.165) is 17.0 Å². The predicted octanol–water partition coefficient (Wildman–Crippen LogP) is 5.57. The number of anilines is 1. The van der Waals surface area contributed by atoms with E-state index in [1.165, 1.54) is 0 Å². The van der Waals surface area contributed by atoms with Crippen LogP contribution in [0.4, 0.5) is 5.69 Å². The van der Waals surface area contributed by atoms with Crippen LogP contribution in [0.2, 0.25) is 10.0 Å². The van der Waals surface area contributed by atoms with Gasteiger partial charge in [-0.25, -0.2) is 0 Å². The minimum absolute atomic E-state index is 0.0636. The van der Waals surface area contributed by atoms with Gasteiger partial charge in [0.05, 0.1) is 23.4 Å². The zero-order valence-electron chi connectivity index (χ0n) is 11.5. The van der Waals surface area contributed by atoms with Gasteiger partial charge in [0.15, 0.2) is 0 Å². The molecule has 0 bridgehead atoms. The third-order valence-corrected chi connectivity index (χ3v) is 3.55. The van der Waals surface area contributed by atoms with E-state index >= 15 is 0 Å². The first kappa shape index (κ1) is 15.0. The summed E-state index contributed by atoms with van der Waals surface area (Å²) in [5, 5.41) is 4.67. The highest BCUT2D eigenvalue weighted by Gasteiger charge is 2.12. The van der Waals surface area contributed by atoms with Gasteiger partial charge in [-0.2, -0.15) is 0 Å². The first-order chi connectivity index (χ1) is 9.61. The maximum Gasteiger partial charge on any atom is 0.124 e. The first-order valence-corrected chi connectivity index (χ1v) is 7.30. The number of rotatable bonds is 5. The average molecular weight is 310 g/mol. The molecule has 0 heterocycles. The predicted molar refractivity (Wildman–Crippen MR) is 86.1 cm³/mol. The molecule has 2 rings (SSSR count). The van der Waals surface area contributed by atoms with Gasteiger partial charge in [0.1, 0.15) is 5.75 Å². The van der Waals surface area contributed by atoms with Gasteiger partial charge in [-0.15, -0.1) is 0 Å². The summed E-state index contributed by atoms with van der Waals surface area (Å²) in [5.74, 6) is 0.883. The Morgan fingerprint density at radius 3 is 2.65 bits per heavy atom. The lowest BCUT2D eigenvalue weighted by Gasteiger charge is -2.19. The molecule has 0 aliphatic heterocycles. The number of hydrogen-bond acceptors (Lipinski definition) is 2. The molecule has 0 fully saturated rings. The number of ether oxygens (including phenoxy) is 1. The zero-order valence-corrected chi connectivity index (χ0v) is 13.0. The Morgan fingerprint density at radius 1 is 1.15 bits per heavy atom. The van der Waals surface area contributed by atoms with Crippen LogP contribution in [0.15, 0.2) is 42.5 Å². The third-order valence-electron chi connectivity index (χ3n) is 2.99. The summed E-state index contributed by atoms with van der Waals surface area (Å²) >= 11 is 12.2. The molecule has 1 N–H and O–H groups in total. The van der Waals surface area contributed by atoms with Crippen LogP contribution < -0.4 is 10.1 Å². The van der Waals surface area contributed by atoms with E-state index in [2.05, 4.69) is 12.2 Å². The van der Waals surface area contributed by atoms with Crippen LogP contribution in [-0.2, 0) is 0 Å². The minimum Gasteiger partial charge on any atom is -0.494 e. The SMILES string of the molecule is CCOc1ccccc1C(C)Nc1cc(Cl)ccc1Cl. The highest BCUT2D eigenvalue weighted by atomic mass is 35.5. The Hall–Kier alpha value is -1.38. The summed E-state index contributed by atoms with van der Waals surface area (Å²) in [7, 11) is 0. The molecule has 106 valence electrons. The molecule has 0 spiro atoms. The fourth-order valence-electron chi connectivity index (χ4n) is 2.04. The van der Waals surface area contributed by atoms with Gasteiger partial charge in [0.25, 0.3) is 0 Å². The molecular formula is C16H17Cl2NO. The number of hydrogen-bond donors (Lipinski definition) is 1. The number of benzene rings is 2. The van der Waals surface area contributed by atoms with E-state index in [1.807, 2.05) is 37.3 Å². The largest absolute Gasteiger partial charge is 0.494 e. The molecule has 0 saturated carbocycles. The van der Waals surface area contributed by atoms with Gasteiger partial charge in [-0.3, -0.25) is 0 Å². The molecule has 0 aromatic heterocycles. The van der Waals surface area contributed by atoms with Crippen molar-refractivity contribution in [3.8, 4) is 5.75 Å². The quantitative estimate of drug-likeness (QED) is 0.780. The van der Waals surface area contributed by atoms with Gasteiger partial charge in [0, 0.05) is 10.6 Å². The Bertz CT molecular complexity index is 586. The Kier molecular flexibility index (Phi) is 5.16. The molecule has 20 heavy (non-hydrogen) atoms. The molecule has 2 aromatic carbocycles. The van der Waals surface area contributed by atoms with Crippen molar-refractivity contribution in [1.82, 2.24) is 0 Å². The molecule has 0 amide bonds. The van der Waals surface area contributed by atoms with Crippen molar-refractivity contribution in [1.29, 1.82) is 0 Å². The van der Waals surface area contributed by atoms with Crippen LogP contribution in [0.25, 0.3) is 0 Å². The normalized spacial score (nSPS) is 12.0. The number of halogens is 2. The summed E-state index contributed by atoms with van der Waals surface area (Å²) in [6.45, 7) is 4.68. The Labute approximate surface area is 129 Å². The van der Waals surface area contributed by atoms with Crippen molar-refractivity contribution in [3.63, 3.8) is 0 Å². The second-order valence-corrected chi connectivity index (χ2v) is 5.30.